The smallest absolute Gasteiger partial charge is 0.387 e. The summed E-state index contributed by atoms with van der Waals surface area (Å²) in [4.78, 5) is 23.4. The molecule has 3 unspecified atom stereocenters. The van der Waals surface area contributed by atoms with Crippen molar-refractivity contribution in [1.82, 2.24) is 5.32 Å². The lowest BCUT2D eigenvalue weighted by Crippen LogP contribution is -2.45. The van der Waals surface area contributed by atoms with E-state index in [1.807, 2.05) is 27.2 Å². The van der Waals surface area contributed by atoms with Crippen molar-refractivity contribution in [2.45, 2.75) is 379 Å². The molecule has 3 atom stereocenters. The molecule has 0 heterocycles. The van der Waals surface area contributed by atoms with Crippen molar-refractivity contribution in [1.29, 1.82) is 0 Å². The van der Waals surface area contributed by atoms with Crippen LogP contribution in [0.2, 0.25) is 0 Å². The maximum absolute atomic E-state index is 13.1. The molecule has 0 saturated carbocycles. The second-order valence-corrected chi connectivity index (χ2v) is 27.8. The van der Waals surface area contributed by atoms with E-state index in [1.54, 1.807) is 6.08 Å². The minimum absolute atomic E-state index is 0.0545. The van der Waals surface area contributed by atoms with Crippen LogP contribution in [0.1, 0.15) is 367 Å². The first kappa shape index (κ1) is 81.5. The summed E-state index contributed by atoms with van der Waals surface area (Å²) in [6.07, 6.45) is 88.6. The number of nitrogens with one attached hydrogen (secondary N) is 1. The van der Waals surface area contributed by atoms with Crippen LogP contribution in [0.3, 0.4) is 0 Å². The quantitative estimate of drug-likeness (QED) is 0.0243. The van der Waals surface area contributed by atoms with Crippen molar-refractivity contribution < 1.29 is 32.9 Å². The van der Waals surface area contributed by atoms with E-state index in [1.165, 1.54) is 302 Å². The third-order valence-corrected chi connectivity index (χ3v) is 17.7. The molecule has 0 aliphatic rings. The summed E-state index contributed by atoms with van der Waals surface area (Å²) in [5.41, 5.74) is 0. The molecule has 490 valence electrons. The van der Waals surface area contributed by atoms with Crippen molar-refractivity contribution in [3.05, 3.63) is 48.6 Å². The Hall–Kier alpha value is -1.54. The summed E-state index contributed by atoms with van der Waals surface area (Å²) in [5.74, 6) is -0.184. The van der Waals surface area contributed by atoms with Crippen molar-refractivity contribution >= 4 is 13.7 Å². The summed E-state index contributed by atoms with van der Waals surface area (Å²) < 4.78 is 23.8. The van der Waals surface area contributed by atoms with Crippen LogP contribution in [-0.4, -0.2) is 73.4 Å². The van der Waals surface area contributed by atoms with Gasteiger partial charge >= 0.3 is 7.82 Å². The van der Waals surface area contributed by atoms with E-state index in [2.05, 4.69) is 55.6 Å². The zero-order valence-corrected chi connectivity index (χ0v) is 57.1. The Bertz CT molecular complexity index is 1490. The minimum atomic E-state index is -4.37. The van der Waals surface area contributed by atoms with Gasteiger partial charge in [-0.2, -0.15) is 0 Å². The zero-order valence-electron chi connectivity index (χ0n) is 56.2. The van der Waals surface area contributed by atoms with Gasteiger partial charge in [-0.25, -0.2) is 4.57 Å². The van der Waals surface area contributed by atoms with E-state index in [9.17, 15) is 19.4 Å². The fourth-order valence-corrected chi connectivity index (χ4v) is 11.8. The van der Waals surface area contributed by atoms with Gasteiger partial charge in [0.15, 0.2) is 0 Å². The Labute approximate surface area is 518 Å². The van der Waals surface area contributed by atoms with Gasteiger partial charge in [-0.15, -0.1) is 0 Å². The molecule has 1 amide bonds. The summed E-state index contributed by atoms with van der Waals surface area (Å²) in [5, 5.41) is 14.0. The number of carbonyl (C=O) groups excluding carboxylic acids is 1. The summed E-state index contributed by atoms with van der Waals surface area (Å²) in [6.45, 7) is 4.84. The molecular weight excluding hydrogens is 1040 g/mol. The van der Waals surface area contributed by atoms with Crippen molar-refractivity contribution in [2.75, 3.05) is 40.9 Å². The average Bonchev–Trinajstić information content (AvgIpc) is 3.49. The predicted octanol–water partition coefficient (Wildman–Crippen LogP) is 23.4. The molecule has 83 heavy (non-hydrogen) atoms. The zero-order chi connectivity index (χ0) is 60.5. The van der Waals surface area contributed by atoms with Gasteiger partial charge in [-0.3, -0.25) is 13.8 Å². The molecule has 0 aliphatic heterocycles. The highest BCUT2D eigenvalue weighted by Gasteiger charge is 2.28. The van der Waals surface area contributed by atoms with Crippen molar-refractivity contribution in [2.24, 2.45) is 0 Å². The normalized spacial score (nSPS) is 13.9. The summed E-state index contributed by atoms with van der Waals surface area (Å²) in [7, 11) is 1.56. The second-order valence-electron chi connectivity index (χ2n) is 26.3. The number of aliphatic hydroxyl groups is 1. The second kappa shape index (κ2) is 64.9. The van der Waals surface area contributed by atoms with E-state index in [0.29, 0.717) is 17.4 Å². The highest BCUT2D eigenvalue weighted by Crippen LogP contribution is 2.43. The maximum atomic E-state index is 13.1. The summed E-state index contributed by atoms with van der Waals surface area (Å²) in [6, 6.07) is -0.871. The molecule has 0 aromatic carbocycles. The molecule has 8 nitrogen and oxygen atoms in total. The fourth-order valence-electron chi connectivity index (χ4n) is 11.1. The predicted molar refractivity (Wildman–Crippen MR) is 364 cm³/mol. The number of aliphatic hydroxyl groups excluding tert-OH is 1. The van der Waals surface area contributed by atoms with Crippen molar-refractivity contribution in [3.63, 3.8) is 0 Å². The van der Waals surface area contributed by atoms with Gasteiger partial charge in [0.25, 0.3) is 0 Å². The number of amides is 1. The van der Waals surface area contributed by atoms with Crippen LogP contribution in [0.4, 0.5) is 0 Å². The number of quaternary nitrogens is 1. The SMILES string of the molecule is CCCCCCCCCC/C=C\CCCCCCCCCCCCCCCCCCCCCCCC(=O)NC(COP(=O)(O)OCC[N+](C)(C)C)C(O)/C=C/CC/C=C/CC/C=C/CCCCCCCCCCCCCCCCCCCC. The molecule has 9 heteroatoms. The topological polar surface area (TPSA) is 105 Å². The standard InChI is InChI=1S/C74H143N2O6P/c1-6-8-10-12-14-16-18-20-22-24-26-28-30-32-34-36-37-38-39-40-42-44-46-48-50-52-54-56-58-60-62-64-66-68-74(78)75-72(71-82-83(79,80)81-70-69-76(3,4)5)73(77)67-65-63-61-59-57-55-53-51-49-47-45-43-41-35-33-31-29-27-25-23-21-19-17-15-13-11-9-7-2/h24,26,49,51,57,59,65,67,72-73,77H,6-23,25,27-48,50,52-56,58,60-64,66,68-71H2,1-5H3,(H-,75,78,79,80)/p+1/b26-24-,51-49+,59-57+,67-65+. The molecule has 0 aliphatic carbocycles. The van der Waals surface area contributed by atoms with Gasteiger partial charge in [0.1, 0.15) is 13.2 Å². The first-order chi connectivity index (χ1) is 40.5. The van der Waals surface area contributed by atoms with Gasteiger partial charge < -0.3 is 19.8 Å². The molecule has 0 saturated heterocycles. The first-order valence-electron chi connectivity index (χ1n) is 36.5. The van der Waals surface area contributed by atoms with Gasteiger partial charge in [-0.05, 0) is 70.6 Å². The lowest BCUT2D eigenvalue weighted by atomic mass is 10.0. The molecule has 3 N–H and O–H groups in total. The first-order valence-corrected chi connectivity index (χ1v) is 38.0. The van der Waals surface area contributed by atoms with Gasteiger partial charge in [0.2, 0.25) is 5.91 Å². The van der Waals surface area contributed by atoms with E-state index < -0.39 is 20.0 Å². The third kappa shape index (κ3) is 67.8. The van der Waals surface area contributed by atoms with Crippen LogP contribution in [0.5, 0.6) is 0 Å². The van der Waals surface area contributed by atoms with Crippen LogP contribution in [-0.2, 0) is 18.4 Å². The van der Waals surface area contributed by atoms with Gasteiger partial charge in [-0.1, -0.05) is 339 Å². The Morgan fingerprint density at radius 2 is 0.663 bits per heavy atom. The lowest BCUT2D eigenvalue weighted by molar-refractivity contribution is -0.870. The number of unbranched alkanes of at least 4 members (excludes halogenated alkanes) is 49. The minimum Gasteiger partial charge on any atom is -0.387 e. The Kier molecular flexibility index (Phi) is 63.7. The number of hydrogen-bond acceptors (Lipinski definition) is 5. The third-order valence-electron chi connectivity index (χ3n) is 16.7. The van der Waals surface area contributed by atoms with Gasteiger partial charge in [0.05, 0.1) is 39.9 Å². The number of phosphoric ester groups is 1. The van der Waals surface area contributed by atoms with E-state index in [0.717, 1.165) is 44.9 Å². The highest BCUT2D eigenvalue weighted by molar-refractivity contribution is 7.47. The summed E-state index contributed by atoms with van der Waals surface area (Å²) >= 11 is 0. The number of nitrogens with zero attached hydrogens (tertiary/aromatic N) is 1. The molecule has 0 radical (unpaired) electrons. The van der Waals surface area contributed by atoms with Gasteiger partial charge in [0, 0.05) is 6.42 Å². The number of rotatable bonds is 68. The molecule has 0 aromatic rings. The van der Waals surface area contributed by atoms with Crippen LogP contribution in [0.15, 0.2) is 48.6 Å². The van der Waals surface area contributed by atoms with E-state index in [-0.39, 0.29) is 19.1 Å². The van der Waals surface area contributed by atoms with Crippen LogP contribution < -0.4 is 5.32 Å². The number of carbonyl (C=O) groups is 1. The highest BCUT2D eigenvalue weighted by atomic mass is 31.2. The molecule has 0 aromatic heterocycles. The Morgan fingerprint density at radius 3 is 0.964 bits per heavy atom. The Morgan fingerprint density at radius 1 is 0.398 bits per heavy atom. The number of likely N-dealkylation sites (N-methyl/N-ethyl adjacent to an activating group) is 1. The average molecular weight is 1190 g/mol. The number of allylic oxidation sites excluding steroid dienone is 7. The lowest BCUT2D eigenvalue weighted by Gasteiger charge is -2.25. The van der Waals surface area contributed by atoms with E-state index >= 15 is 0 Å². The fraction of sp³-hybridized carbons (Fsp3) is 0.878. The molecular formula is C74H144N2O6P+. The van der Waals surface area contributed by atoms with Crippen molar-refractivity contribution in [3.8, 4) is 0 Å². The Balaban J connectivity index is 4.07. The van der Waals surface area contributed by atoms with E-state index in [4.69, 9.17) is 9.05 Å². The molecule has 0 fully saturated rings. The monoisotopic (exact) mass is 1190 g/mol. The molecule has 0 rings (SSSR count). The number of phosphoric acid groups is 1. The largest absolute Gasteiger partial charge is 0.472 e. The maximum Gasteiger partial charge on any atom is 0.472 e. The number of hydrogen-bond donors (Lipinski definition) is 3. The molecule has 0 spiro atoms. The van der Waals surface area contributed by atoms with Crippen LogP contribution >= 0.6 is 7.82 Å². The van der Waals surface area contributed by atoms with Crippen LogP contribution in [0.25, 0.3) is 0 Å². The van der Waals surface area contributed by atoms with Crippen LogP contribution in [0, 0.1) is 0 Å². The molecule has 0 bridgehead atoms.